The van der Waals surface area contributed by atoms with Gasteiger partial charge in [0.05, 0.1) is 0 Å². The Bertz CT molecular complexity index is 210. The molecule has 1 heterocycles. The summed E-state index contributed by atoms with van der Waals surface area (Å²) in [7, 11) is 0. The van der Waals surface area contributed by atoms with Gasteiger partial charge in [-0.05, 0) is 11.5 Å². The summed E-state index contributed by atoms with van der Waals surface area (Å²) in [4.78, 5) is 9.71. The molecule has 0 saturated heterocycles. The lowest BCUT2D eigenvalue weighted by Crippen LogP contribution is -1.92. The Balaban J connectivity index is 2.80. The molecule has 48 valence electrons. The molecule has 9 heavy (non-hydrogen) atoms. The van der Waals surface area contributed by atoms with Crippen LogP contribution >= 0.6 is 11.5 Å². The topological polar surface area (TPSA) is 65.2 Å². The summed E-state index contributed by atoms with van der Waals surface area (Å²) in [6.45, 7) is 0.297. The van der Waals surface area contributed by atoms with Gasteiger partial charge in [0.25, 0.3) is 12.4 Å². The number of nitrogen functional groups attached to an aromatic ring is 1. The zero-order valence-corrected chi connectivity index (χ0v) is 5.22. The number of nitrogens with two attached hydrogens (primary N) is 1. The van der Waals surface area contributed by atoms with Crippen molar-refractivity contribution in [3.8, 4) is 5.88 Å². The highest BCUT2D eigenvalue weighted by Gasteiger charge is 1.99. The fraction of sp³-hybridized carbons (Fsp3) is 0. The molecule has 0 unspecified atom stereocenters. The van der Waals surface area contributed by atoms with Crippen LogP contribution in [-0.2, 0) is 4.79 Å². The predicted octanol–water partition coefficient (Wildman–Crippen LogP) is 0.261. The summed E-state index contributed by atoms with van der Waals surface area (Å²) in [6, 6.07) is 0. The van der Waals surface area contributed by atoms with E-state index < -0.39 is 0 Å². The maximum atomic E-state index is 9.71. The lowest BCUT2D eigenvalue weighted by atomic mass is 10.6. The van der Waals surface area contributed by atoms with E-state index in [1.807, 2.05) is 0 Å². The third-order valence-electron chi connectivity index (χ3n) is 0.722. The average Bonchev–Trinajstić information content (AvgIpc) is 2.18. The first-order chi connectivity index (χ1) is 4.34. The second-order valence-corrected chi connectivity index (χ2v) is 1.92. The van der Waals surface area contributed by atoms with Gasteiger partial charge >= 0.3 is 0 Å². The first kappa shape index (κ1) is 6.03. The molecule has 0 amide bonds. The molecular weight excluding hydrogens is 140 g/mol. The number of hydrogen-bond donors (Lipinski definition) is 1. The van der Waals surface area contributed by atoms with Crippen LogP contribution in [0.5, 0.6) is 5.88 Å². The molecule has 0 fully saturated rings. The Labute approximate surface area is 55.4 Å². The minimum Gasteiger partial charge on any atom is -0.406 e. The minimum atomic E-state index is 0.190. The van der Waals surface area contributed by atoms with Crippen molar-refractivity contribution in [3.05, 3.63) is 5.38 Å². The predicted molar refractivity (Wildman–Crippen MR) is 33.2 cm³/mol. The van der Waals surface area contributed by atoms with E-state index in [0.29, 0.717) is 12.2 Å². The quantitative estimate of drug-likeness (QED) is 0.604. The second-order valence-electron chi connectivity index (χ2n) is 1.29. The summed E-state index contributed by atoms with van der Waals surface area (Å²) in [5, 5.41) is 1.60. The molecule has 0 spiro atoms. The summed E-state index contributed by atoms with van der Waals surface area (Å²) in [5.41, 5.74) is 5.69. The molecule has 0 saturated carbocycles. The Hall–Kier alpha value is -1.10. The van der Waals surface area contributed by atoms with Crippen LogP contribution < -0.4 is 10.5 Å². The number of carbonyl (C=O) groups excluding carboxylic acids is 1. The van der Waals surface area contributed by atoms with Gasteiger partial charge in [-0.25, -0.2) is 0 Å². The lowest BCUT2D eigenvalue weighted by Gasteiger charge is -1.88. The summed E-state index contributed by atoms with van der Waals surface area (Å²) < 4.78 is 8.04. The molecule has 1 rings (SSSR count). The van der Waals surface area contributed by atoms with Crippen molar-refractivity contribution >= 4 is 23.7 Å². The van der Waals surface area contributed by atoms with Crippen LogP contribution in [0.3, 0.4) is 0 Å². The Morgan fingerprint density at radius 1 is 1.89 bits per heavy atom. The molecule has 0 aliphatic heterocycles. The molecule has 2 N–H and O–H groups in total. The van der Waals surface area contributed by atoms with Crippen LogP contribution in [0.25, 0.3) is 0 Å². The molecular formula is C4H4N2O2S. The van der Waals surface area contributed by atoms with Crippen molar-refractivity contribution in [2.24, 2.45) is 0 Å². The number of nitrogens with zero attached hydrogens (tertiary/aromatic N) is 1. The standard InChI is InChI=1S/C4H4N2O2S/c5-3-1-9-6-4(3)8-2-7/h1-2H,5H2. The molecule has 1 aromatic heterocycles. The average molecular weight is 144 g/mol. The van der Waals surface area contributed by atoms with Gasteiger partial charge in [0, 0.05) is 5.38 Å². The van der Waals surface area contributed by atoms with E-state index in [2.05, 4.69) is 9.11 Å². The number of anilines is 1. The van der Waals surface area contributed by atoms with E-state index in [4.69, 9.17) is 5.73 Å². The van der Waals surface area contributed by atoms with Crippen LogP contribution in [0.2, 0.25) is 0 Å². The van der Waals surface area contributed by atoms with Crippen molar-refractivity contribution in [2.75, 3.05) is 5.73 Å². The van der Waals surface area contributed by atoms with Crippen molar-refractivity contribution < 1.29 is 9.53 Å². The molecule has 0 radical (unpaired) electrons. The number of carbonyl (C=O) groups is 1. The van der Waals surface area contributed by atoms with Crippen LogP contribution in [0, 0.1) is 0 Å². The fourth-order valence-electron chi connectivity index (χ4n) is 0.369. The summed E-state index contributed by atoms with van der Waals surface area (Å²) in [6.07, 6.45) is 0. The van der Waals surface area contributed by atoms with Gasteiger partial charge in [-0.2, -0.15) is 4.37 Å². The highest BCUT2D eigenvalue weighted by atomic mass is 32.1. The van der Waals surface area contributed by atoms with Gasteiger partial charge in [-0.3, -0.25) is 4.79 Å². The smallest absolute Gasteiger partial charge is 0.299 e. The highest BCUT2D eigenvalue weighted by molar-refractivity contribution is 7.04. The molecule has 1 aromatic rings. The number of rotatable bonds is 2. The Morgan fingerprint density at radius 3 is 3.11 bits per heavy atom. The molecule has 0 bridgehead atoms. The first-order valence-electron chi connectivity index (χ1n) is 2.14. The third kappa shape index (κ3) is 1.17. The second kappa shape index (κ2) is 2.45. The number of aromatic nitrogens is 1. The van der Waals surface area contributed by atoms with Crippen LogP contribution in [0.15, 0.2) is 5.38 Å². The van der Waals surface area contributed by atoms with Gasteiger partial charge in [-0.15, -0.1) is 0 Å². The van der Waals surface area contributed by atoms with Gasteiger partial charge in [0.15, 0.2) is 0 Å². The zero-order valence-electron chi connectivity index (χ0n) is 4.40. The van der Waals surface area contributed by atoms with Crippen molar-refractivity contribution in [2.45, 2.75) is 0 Å². The number of hydrogen-bond acceptors (Lipinski definition) is 5. The van der Waals surface area contributed by atoms with Gasteiger partial charge in [0.1, 0.15) is 5.69 Å². The molecule has 5 heteroatoms. The summed E-state index contributed by atoms with van der Waals surface area (Å²) in [5.74, 6) is 0.190. The van der Waals surface area contributed by atoms with Crippen LogP contribution in [0.1, 0.15) is 0 Å². The minimum absolute atomic E-state index is 0.190. The Kier molecular flexibility index (Phi) is 1.64. The normalized spacial score (nSPS) is 8.89. The van der Waals surface area contributed by atoms with Gasteiger partial charge in [-0.1, -0.05) is 0 Å². The first-order valence-corrected chi connectivity index (χ1v) is 2.98. The lowest BCUT2D eigenvalue weighted by molar-refractivity contribution is -0.120. The summed E-state index contributed by atoms with van der Waals surface area (Å²) >= 11 is 1.15. The zero-order chi connectivity index (χ0) is 6.69. The molecule has 0 aromatic carbocycles. The SMILES string of the molecule is Nc1csnc1OC=O. The van der Waals surface area contributed by atoms with Crippen LogP contribution in [-0.4, -0.2) is 10.8 Å². The maximum absolute atomic E-state index is 9.71. The Morgan fingerprint density at radius 2 is 2.67 bits per heavy atom. The van der Waals surface area contributed by atoms with E-state index in [-0.39, 0.29) is 5.88 Å². The fourth-order valence-corrected chi connectivity index (χ4v) is 0.881. The van der Waals surface area contributed by atoms with Crippen LogP contribution in [0.4, 0.5) is 5.69 Å². The van der Waals surface area contributed by atoms with Gasteiger partial charge < -0.3 is 10.5 Å². The van der Waals surface area contributed by atoms with Crippen molar-refractivity contribution in [3.63, 3.8) is 0 Å². The van der Waals surface area contributed by atoms with E-state index in [0.717, 1.165) is 11.5 Å². The largest absolute Gasteiger partial charge is 0.406 e. The van der Waals surface area contributed by atoms with Gasteiger partial charge in [0.2, 0.25) is 0 Å². The molecule has 0 aliphatic rings. The van der Waals surface area contributed by atoms with E-state index >= 15 is 0 Å². The monoisotopic (exact) mass is 144 g/mol. The van der Waals surface area contributed by atoms with E-state index in [1.165, 1.54) is 0 Å². The molecule has 0 atom stereocenters. The van der Waals surface area contributed by atoms with E-state index in [9.17, 15) is 4.79 Å². The highest BCUT2D eigenvalue weighted by Crippen LogP contribution is 2.19. The van der Waals surface area contributed by atoms with Crippen molar-refractivity contribution in [1.29, 1.82) is 0 Å². The third-order valence-corrected chi connectivity index (χ3v) is 1.35. The maximum Gasteiger partial charge on any atom is 0.299 e. The van der Waals surface area contributed by atoms with E-state index in [1.54, 1.807) is 5.38 Å². The molecule has 4 nitrogen and oxygen atoms in total. The number of ether oxygens (including phenoxy) is 1. The van der Waals surface area contributed by atoms with Crippen molar-refractivity contribution in [1.82, 2.24) is 4.37 Å². The molecule has 0 aliphatic carbocycles.